The minimum absolute atomic E-state index is 0.0382. The Morgan fingerprint density at radius 2 is 1.13 bits per heavy atom. The van der Waals surface area contributed by atoms with Crippen LogP contribution in [0.1, 0.15) is 104 Å². The molecule has 55 heavy (non-hydrogen) atoms. The van der Waals surface area contributed by atoms with Crippen LogP contribution in [0.5, 0.6) is 5.75 Å². The average molecular weight is 763 g/mol. The molecule has 8 heteroatoms. The monoisotopic (exact) mass is 762 g/mol. The van der Waals surface area contributed by atoms with Gasteiger partial charge in [0.05, 0.1) is 0 Å². The van der Waals surface area contributed by atoms with Gasteiger partial charge in [0.1, 0.15) is 5.75 Å². The first-order chi connectivity index (χ1) is 26.6. The van der Waals surface area contributed by atoms with Crippen molar-refractivity contribution in [2.24, 2.45) is 0 Å². The van der Waals surface area contributed by atoms with Gasteiger partial charge in [-0.25, -0.2) is 0 Å². The molecule has 0 radical (unpaired) electrons. The summed E-state index contributed by atoms with van der Waals surface area (Å²) in [6.07, 6.45) is 28.7. The van der Waals surface area contributed by atoms with Gasteiger partial charge in [0.2, 0.25) is 5.91 Å². The maximum absolute atomic E-state index is 13.2. The summed E-state index contributed by atoms with van der Waals surface area (Å²) >= 11 is 5.93. The number of benzene rings is 3. The SMILES string of the molecule is CC/C=C\C/C=C\C/C=C\C/C=C\C/C=C\CCCC(=O)NCCNC(=O)c1ccc(CC(=O)C(C)(C)Oc2ccc(C(=O)c3ccc(Cl)cc3)cc2)cc1. The van der Waals surface area contributed by atoms with Crippen molar-refractivity contribution in [2.45, 2.75) is 84.2 Å². The second-order valence-electron chi connectivity index (χ2n) is 13.5. The van der Waals surface area contributed by atoms with E-state index in [1.807, 2.05) is 0 Å². The quantitative estimate of drug-likeness (QED) is 0.0538. The number of halogens is 1. The molecule has 2 amide bonds. The van der Waals surface area contributed by atoms with E-state index in [0.717, 1.165) is 50.5 Å². The minimum Gasteiger partial charge on any atom is -0.480 e. The fourth-order valence-corrected chi connectivity index (χ4v) is 5.41. The molecule has 0 spiro atoms. The van der Waals surface area contributed by atoms with Crippen LogP contribution in [0.3, 0.4) is 0 Å². The highest BCUT2D eigenvalue weighted by atomic mass is 35.5. The molecule has 0 atom stereocenters. The van der Waals surface area contributed by atoms with Gasteiger partial charge in [0, 0.05) is 47.6 Å². The largest absolute Gasteiger partial charge is 0.480 e. The van der Waals surface area contributed by atoms with Crippen molar-refractivity contribution in [3.05, 3.63) is 161 Å². The van der Waals surface area contributed by atoms with E-state index in [9.17, 15) is 19.2 Å². The van der Waals surface area contributed by atoms with Crippen LogP contribution in [0.25, 0.3) is 0 Å². The van der Waals surface area contributed by atoms with E-state index in [2.05, 4.69) is 78.3 Å². The summed E-state index contributed by atoms with van der Waals surface area (Å²) in [5, 5.41) is 6.23. The van der Waals surface area contributed by atoms with Crippen LogP contribution in [0.4, 0.5) is 0 Å². The first-order valence-electron chi connectivity index (χ1n) is 19.1. The normalized spacial score (nSPS) is 12.0. The molecule has 290 valence electrons. The molecule has 3 aromatic carbocycles. The zero-order valence-electron chi connectivity index (χ0n) is 32.4. The van der Waals surface area contributed by atoms with Gasteiger partial charge in [-0.3, -0.25) is 19.2 Å². The van der Waals surface area contributed by atoms with E-state index in [4.69, 9.17) is 16.3 Å². The van der Waals surface area contributed by atoms with Crippen molar-refractivity contribution in [3.63, 3.8) is 0 Å². The van der Waals surface area contributed by atoms with Gasteiger partial charge in [-0.05, 0) is 125 Å². The van der Waals surface area contributed by atoms with Crippen molar-refractivity contribution < 1.29 is 23.9 Å². The van der Waals surface area contributed by atoms with Crippen LogP contribution < -0.4 is 15.4 Å². The summed E-state index contributed by atoms with van der Waals surface area (Å²) in [7, 11) is 0. The summed E-state index contributed by atoms with van der Waals surface area (Å²) in [5.74, 6) is -0.104. The third kappa shape index (κ3) is 17.6. The molecule has 0 saturated heterocycles. The molecule has 0 bridgehead atoms. The predicted octanol–water partition coefficient (Wildman–Crippen LogP) is 10.3. The Morgan fingerprint density at radius 1 is 0.636 bits per heavy atom. The molecule has 3 aromatic rings. The molecule has 0 aliphatic carbocycles. The third-order valence-electron chi connectivity index (χ3n) is 8.51. The number of hydrogen-bond acceptors (Lipinski definition) is 5. The van der Waals surface area contributed by atoms with Crippen LogP contribution in [0.15, 0.2) is 134 Å². The number of unbranched alkanes of at least 4 members (excludes halogenated alkanes) is 1. The van der Waals surface area contributed by atoms with E-state index < -0.39 is 5.60 Å². The molecule has 0 fully saturated rings. The second-order valence-corrected chi connectivity index (χ2v) is 13.9. The number of nitrogens with one attached hydrogen (secondary N) is 2. The Labute approximate surface area is 332 Å². The fraction of sp³-hybridized carbons (Fsp3) is 0.319. The maximum atomic E-state index is 13.2. The lowest BCUT2D eigenvalue weighted by Gasteiger charge is -2.25. The van der Waals surface area contributed by atoms with Gasteiger partial charge in [-0.1, -0.05) is 91.4 Å². The van der Waals surface area contributed by atoms with Gasteiger partial charge in [0.15, 0.2) is 17.2 Å². The molecule has 2 N–H and O–H groups in total. The summed E-state index contributed by atoms with van der Waals surface area (Å²) in [4.78, 5) is 50.7. The molecule has 0 heterocycles. The lowest BCUT2D eigenvalue weighted by molar-refractivity contribution is -0.131. The molecular formula is C47H55ClN2O5. The first-order valence-corrected chi connectivity index (χ1v) is 19.5. The van der Waals surface area contributed by atoms with Gasteiger partial charge in [-0.15, -0.1) is 0 Å². The van der Waals surface area contributed by atoms with Crippen molar-refractivity contribution >= 4 is 35.0 Å². The number of rotatable bonds is 24. The Bertz CT molecular complexity index is 1800. The summed E-state index contributed by atoms with van der Waals surface area (Å²) < 4.78 is 6.02. The number of ketones is 2. The fourth-order valence-electron chi connectivity index (χ4n) is 5.28. The van der Waals surface area contributed by atoms with Gasteiger partial charge in [0.25, 0.3) is 5.91 Å². The molecule has 0 aliphatic heterocycles. The number of hydrogen-bond donors (Lipinski definition) is 2. The predicted molar refractivity (Wildman–Crippen MR) is 225 cm³/mol. The van der Waals surface area contributed by atoms with Gasteiger partial charge < -0.3 is 15.4 Å². The number of amides is 2. The molecule has 7 nitrogen and oxygen atoms in total. The summed E-state index contributed by atoms with van der Waals surface area (Å²) in [6, 6.07) is 20.2. The Balaban J connectivity index is 1.27. The van der Waals surface area contributed by atoms with Crippen molar-refractivity contribution in [3.8, 4) is 5.75 Å². The topological polar surface area (TPSA) is 102 Å². The summed E-state index contributed by atoms with van der Waals surface area (Å²) in [5.41, 5.74) is 1.11. The Hall–Kier alpha value is -5.27. The lowest BCUT2D eigenvalue weighted by atomic mass is 9.96. The van der Waals surface area contributed by atoms with E-state index >= 15 is 0 Å². The van der Waals surface area contributed by atoms with Gasteiger partial charge in [-0.2, -0.15) is 0 Å². The van der Waals surface area contributed by atoms with Crippen molar-refractivity contribution in [2.75, 3.05) is 13.1 Å². The smallest absolute Gasteiger partial charge is 0.251 e. The highest BCUT2D eigenvalue weighted by Gasteiger charge is 2.29. The zero-order valence-corrected chi connectivity index (χ0v) is 33.2. The molecule has 0 unspecified atom stereocenters. The highest BCUT2D eigenvalue weighted by molar-refractivity contribution is 6.30. The van der Waals surface area contributed by atoms with Crippen LogP contribution in [-0.4, -0.2) is 42.1 Å². The van der Waals surface area contributed by atoms with E-state index in [1.165, 1.54) is 0 Å². The van der Waals surface area contributed by atoms with Crippen LogP contribution in [-0.2, 0) is 16.0 Å². The standard InChI is InChI=1S/C47H55ClN2O5/c1-4-5-6-7-8-9-10-11-12-13-14-15-16-17-18-19-20-21-44(52)49-34-35-50-46(54)40-24-22-37(23-25-40)36-43(51)47(2,3)55-42-32-28-39(29-33-42)45(53)38-26-30-41(48)31-27-38/h5-6,8-9,11-12,14-15,17-18,22-33H,4,7,10,13,16,19-21,34-36H2,1-3H3,(H,49,52)(H,50,54)/b6-5-,9-8-,12-11-,15-14-,18-17-. The number of Topliss-reactive ketones (excluding diaryl/α,β-unsaturated/α-hetero) is 1. The minimum atomic E-state index is -1.13. The Morgan fingerprint density at radius 3 is 1.69 bits per heavy atom. The molecule has 3 rings (SSSR count). The molecule has 0 aromatic heterocycles. The number of carbonyl (C=O) groups is 4. The maximum Gasteiger partial charge on any atom is 0.251 e. The highest BCUT2D eigenvalue weighted by Crippen LogP contribution is 2.23. The second kappa shape index (κ2) is 24.9. The lowest BCUT2D eigenvalue weighted by Crippen LogP contribution is -2.39. The van der Waals surface area contributed by atoms with Crippen molar-refractivity contribution in [1.82, 2.24) is 10.6 Å². The van der Waals surface area contributed by atoms with E-state index in [0.29, 0.717) is 47.0 Å². The van der Waals surface area contributed by atoms with Gasteiger partial charge >= 0.3 is 0 Å². The van der Waals surface area contributed by atoms with Crippen LogP contribution >= 0.6 is 11.6 Å². The number of ether oxygens (including phenoxy) is 1. The number of carbonyl (C=O) groups excluding carboxylic acids is 4. The average Bonchev–Trinajstić information content (AvgIpc) is 3.18. The first kappa shape index (κ1) is 44.1. The molecular weight excluding hydrogens is 708 g/mol. The Kier molecular flexibility index (Phi) is 20.0. The van der Waals surface area contributed by atoms with Crippen LogP contribution in [0.2, 0.25) is 5.02 Å². The van der Waals surface area contributed by atoms with E-state index in [1.54, 1.807) is 86.6 Å². The van der Waals surface area contributed by atoms with Crippen molar-refractivity contribution in [1.29, 1.82) is 0 Å². The van der Waals surface area contributed by atoms with Crippen LogP contribution in [0, 0.1) is 0 Å². The molecule has 0 saturated carbocycles. The molecule has 0 aliphatic rings. The zero-order chi connectivity index (χ0) is 39.7. The third-order valence-corrected chi connectivity index (χ3v) is 8.77. The number of allylic oxidation sites excluding steroid dienone is 10. The van der Waals surface area contributed by atoms with E-state index in [-0.39, 0.29) is 29.8 Å². The summed E-state index contributed by atoms with van der Waals surface area (Å²) in [6.45, 7) is 6.20.